The summed E-state index contributed by atoms with van der Waals surface area (Å²) in [5.74, 6) is -1.18. The molecule has 1 aromatic rings. The highest BCUT2D eigenvalue weighted by Gasteiger charge is 2.30. The van der Waals surface area contributed by atoms with Crippen molar-refractivity contribution >= 4 is 23.2 Å². The van der Waals surface area contributed by atoms with E-state index in [0.29, 0.717) is 0 Å². The molecular formula is C13H19NO3S. The van der Waals surface area contributed by atoms with Crippen LogP contribution in [-0.4, -0.2) is 17.0 Å². The minimum absolute atomic E-state index is 0.00971. The van der Waals surface area contributed by atoms with Gasteiger partial charge in [0.2, 0.25) is 5.91 Å². The van der Waals surface area contributed by atoms with Gasteiger partial charge >= 0.3 is 5.97 Å². The normalized spacial score (nSPS) is 13.1. The second-order valence-corrected chi connectivity index (χ2v) is 5.89. The van der Waals surface area contributed by atoms with Crippen LogP contribution >= 0.6 is 11.3 Å². The summed E-state index contributed by atoms with van der Waals surface area (Å²) in [6, 6.07) is 3.89. The lowest BCUT2D eigenvalue weighted by atomic mass is 9.89. The summed E-state index contributed by atoms with van der Waals surface area (Å²) < 4.78 is 0. The second kappa shape index (κ2) is 6.00. The number of thiophene rings is 1. The molecule has 18 heavy (non-hydrogen) atoms. The van der Waals surface area contributed by atoms with Gasteiger partial charge in [-0.15, -0.1) is 11.3 Å². The predicted molar refractivity (Wildman–Crippen MR) is 71.5 cm³/mol. The zero-order valence-electron chi connectivity index (χ0n) is 10.9. The molecule has 1 aromatic heterocycles. The van der Waals surface area contributed by atoms with Crippen LogP contribution in [0.3, 0.4) is 0 Å². The molecule has 1 unspecified atom stereocenters. The monoisotopic (exact) mass is 269 g/mol. The Balaban J connectivity index is 2.61. The van der Waals surface area contributed by atoms with Crippen LogP contribution in [0.2, 0.25) is 0 Å². The van der Waals surface area contributed by atoms with E-state index in [4.69, 9.17) is 5.11 Å². The average Bonchev–Trinajstić information content (AvgIpc) is 2.78. The predicted octanol–water partition coefficient (Wildman–Crippen LogP) is 2.82. The Bertz CT molecular complexity index is 412. The summed E-state index contributed by atoms with van der Waals surface area (Å²) >= 11 is 1.59. The quantitative estimate of drug-likeness (QED) is 0.834. The highest BCUT2D eigenvalue weighted by molar-refractivity contribution is 7.10. The Kier molecular flexibility index (Phi) is 4.90. The van der Waals surface area contributed by atoms with Crippen molar-refractivity contribution in [2.75, 3.05) is 0 Å². The molecule has 0 fully saturated rings. The maximum absolute atomic E-state index is 11.9. The molecule has 100 valence electrons. The van der Waals surface area contributed by atoms with Crippen molar-refractivity contribution in [3.63, 3.8) is 0 Å². The highest BCUT2D eigenvalue weighted by Crippen LogP contribution is 2.24. The van der Waals surface area contributed by atoms with Crippen LogP contribution in [-0.2, 0) is 9.59 Å². The second-order valence-electron chi connectivity index (χ2n) is 4.91. The van der Waals surface area contributed by atoms with Crippen LogP contribution in [0, 0.1) is 5.41 Å². The molecule has 0 spiro atoms. The van der Waals surface area contributed by atoms with Gasteiger partial charge in [0.1, 0.15) is 0 Å². The van der Waals surface area contributed by atoms with Gasteiger partial charge in [-0.2, -0.15) is 0 Å². The molecule has 1 heterocycles. The summed E-state index contributed by atoms with van der Waals surface area (Å²) in [7, 11) is 0. The molecule has 1 rings (SSSR count). The topological polar surface area (TPSA) is 66.4 Å². The summed E-state index contributed by atoms with van der Waals surface area (Å²) in [6.45, 7) is 5.11. The fourth-order valence-electron chi connectivity index (χ4n) is 1.59. The van der Waals surface area contributed by atoms with Crippen molar-refractivity contribution in [2.45, 2.75) is 39.7 Å². The lowest BCUT2D eigenvalue weighted by Crippen LogP contribution is -2.35. The summed E-state index contributed by atoms with van der Waals surface area (Å²) in [6.07, 6.45) is 0.782. The number of rotatable bonds is 6. The van der Waals surface area contributed by atoms with Gasteiger partial charge in [0.05, 0.1) is 11.5 Å². The molecule has 0 aliphatic rings. The lowest BCUT2D eigenvalue weighted by molar-refractivity contribution is -0.149. The van der Waals surface area contributed by atoms with Gasteiger partial charge in [-0.05, 0) is 31.7 Å². The Morgan fingerprint density at radius 1 is 1.50 bits per heavy atom. The molecule has 1 amide bonds. The van der Waals surface area contributed by atoms with E-state index in [1.807, 2.05) is 24.4 Å². The van der Waals surface area contributed by atoms with Gasteiger partial charge in [-0.3, -0.25) is 9.59 Å². The third-order valence-corrected chi connectivity index (χ3v) is 3.80. The largest absolute Gasteiger partial charge is 0.481 e. The Morgan fingerprint density at radius 3 is 2.61 bits per heavy atom. The van der Waals surface area contributed by atoms with E-state index in [0.717, 1.165) is 11.3 Å². The number of amides is 1. The molecule has 0 aliphatic carbocycles. The first-order valence-corrected chi connectivity index (χ1v) is 6.81. The van der Waals surface area contributed by atoms with Crippen LogP contribution in [0.5, 0.6) is 0 Å². The number of nitrogens with one attached hydrogen (secondary N) is 1. The van der Waals surface area contributed by atoms with Crippen LogP contribution in [0.15, 0.2) is 17.5 Å². The third kappa shape index (κ3) is 3.84. The van der Waals surface area contributed by atoms with Crippen molar-refractivity contribution in [3.8, 4) is 0 Å². The first-order valence-electron chi connectivity index (χ1n) is 5.93. The summed E-state index contributed by atoms with van der Waals surface area (Å²) in [4.78, 5) is 23.9. The zero-order valence-corrected chi connectivity index (χ0v) is 11.7. The molecule has 0 bridgehead atoms. The fourth-order valence-corrected chi connectivity index (χ4v) is 2.45. The number of carbonyl (C=O) groups is 2. The standard InChI is InChI=1S/C13H19NO3S/c1-4-9(10-6-5-7-18-10)14-11(15)8-13(2,3)12(16)17/h5-7,9H,4,8H2,1-3H3,(H,14,15)(H,16,17). The van der Waals surface area contributed by atoms with Crippen LogP contribution < -0.4 is 5.32 Å². The van der Waals surface area contributed by atoms with Crippen molar-refractivity contribution in [2.24, 2.45) is 5.41 Å². The first kappa shape index (κ1) is 14.7. The third-order valence-electron chi connectivity index (χ3n) is 2.81. The summed E-state index contributed by atoms with van der Waals surface area (Å²) in [5.41, 5.74) is -1.03. The Hall–Kier alpha value is -1.36. The SMILES string of the molecule is CCC(NC(=O)CC(C)(C)C(=O)O)c1cccs1. The molecular weight excluding hydrogens is 250 g/mol. The number of carbonyl (C=O) groups excluding carboxylic acids is 1. The van der Waals surface area contributed by atoms with Gasteiger partial charge in [0.25, 0.3) is 0 Å². The van der Waals surface area contributed by atoms with E-state index in [2.05, 4.69) is 5.32 Å². The van der Waals surface area contributed by atoms with Crippen molar-refractivity contribution in [3.05, 3.63) is 22.4 Å². The molecule has 1 atom stereocenters. The highest BCUT2D eigenvalue weighted by atomic mass is 32.1. The minimum atomic E-state index is -1.03. The maximum atomic E-state index is 11.9. The number of carboxylic acids is 1. The number of aliphatic carboxylic acids is 1. The molecule has 0 saturated carbocycles. The lowest BCUT2D eigenvalue weighted by Gasteiger charge is -2.21. The van der Waals surface area contributed by atoms with Crippen LogP contribution in [0.4, 0.5) is 0 Å². The van der Waals surface area contributed by atoms with Gasteiger partial charge in [0.15, 0.2) is 0 Å². The van der Waals surface area contributed by atoms with Gasteiger partial charge in [-0.25, -0.2) is 0 Å². The Labute approximate surface area is 111 Å². The van der Waals surface area contributed by atoms with Crippen molar-refractivity contribution in [1.29, 1.82) is 0 Å². The van der Waals surface area contributed by atoms with Gasteiger partial charge in [-0.1, -0.05) is 13.0 Å². The minimum Gasteiger partial charge on any atom is -0.481 e. The van der Waals surface area contributed by atoms with Crippen LogP contribution in [0.25, 0.3) is 0 Å². The zero-order chi connectivity index (χ0) is 13.8. The average molecular weight is 269 g/mol. The van der Waals surface area contributed by atoms with Gasteiger partial charge < -0.3 is 10.4 Å². The van der Waals surface area contributed by atoms with E-state index in [9.17, 15) is 9.59 Å². The van der Waals surface area contributed by atoms with Crippen molar-refractivity contribution < 1.29 is 14.7 Å². The van der Waals surface area contributed by atoms with E-state index in [1.165, 1.54) is 0 Å². The van der Waals surface area contributed by atoms with Gasteiger partial charge in [0, 0.05) is 11.3 Å². The Morgan fingerprint density at radius 2 is 2.17 bits per heavy atom. The molecule has 4 nitrogen and oxygen atoms in total. The molecule has 0 saturated heterocycles. The molecule has 0 radical (unpaired) electrons. The molecule has 0 aromatic carbocycles. The summed E-state index contributed by atoms with van der Waals surface area (Å²) in [5, 5.41) is 13.8. The number of hydrogen-bond acceptors (Lipinski definition) is 3. The smallest absolute Gasteiger partial charge is 0.309 e. The molecule has 0 aliphatic heterocycles. The number of hydrogen-bond donors (Lipinski definition) is 2. The van der Waals surface area contributed by atoms with E-state index in [1.54, 1.807) is 25.2 Å². The van der Waals surface area contributed by atoms with E-state index >= 15 is 0 Å². The molecule has 5 heteroatoms. The first-order chi connectivity index (χ1) is 8.36. The van der Waals surface area contributed by atoms with Crippen molar-refractivity contribution in [1.82, 2.24) is 5.32 Å². The van der Waals surface area contributed by atoms with E-state index < -0.39 is 11.4 Å². The molecule has 2 N–H and O–H groups in total. The fraction of sp³-hybridized carbons (Fsp3) is 0.538. The van der Waals surface area contributed by atoms with E-state index in [-0.39, 0.29) is 18.4 Å². The van der Waals surface area contributed by atoms with Crippen LogP contribution in [0.1, 0.15) is 44.5 Å². The number of carboxylic acid groups (broad SMARTS) is 1. The maximum Gasteiger partial charge on any atom is 0.309 e.